The fourth-order valence-electron chi connectivity index (χ4n) is 4.22. The van der Waals surface area contributed by atoms with Crippen LogP contribution >= 0.6 is 11.6 Å². The SMILES string of the molecule is CCOC(=O)c1ccc(N2C(=O)C(Cl)=C(Nc3cccc(C(=O)Nc4ccc(Nc5ccccc5)cc4)c3)C2=O)cc1. The number of halogens is 1. The Balaban J connectivity index is 1.25. The van der Waals surface area contributed by atoms with Crippen molar-refractivity contribution < 1.29 is 23.9 Å². The van der Waals surface area contributed by atoms with Crippen LogP contribution in [0, 0.1) is 0 Å². The van der Waals surface area contributed by atoms with E-state index in [1.54, 1.807) is 43.3 Å². The molecule has 3 amide bonds. The molecule has 5 rings (SSSR count). The van der Waals surface area contributed by atoms with Crippen LogP contribution in [-0.4, -0.2) is 30.3 Å². The first-order valence-electron chi connectivity index (χ1n) is 13.0. The van der Waals surface area contributed by atoms with Crippen LogP contribution in [0.2, 0.25) is 0 Å². The zero-order valence-electron chi connectivity index (χ0n) is 22.4. The van der Waals surface area contributed by atoms with Crippen LogP contribution < -0.4 is 20.9 Å². The summed E-state index contributed by atoms with van der Waals surface area (Å²) in [5.41, 5.74) is 3.53. The van der Waals surface area contributed by atoms with E-state index in [1.807, 2.05) is 42.5 Å². The normalized spacial score (nSPS) is 12.8. The zero-order chi connectivity index (χ0) is 29.6. The van der Waals surface area contributed by atoms with E-state index in [4.69, 9.17) is 16.3 Å². The van der Waals surface area contributed by atoms with Crippen LogP contribution in [0.25, 0.3) is 0 Å². The summed E-state index contributed by atoms with van der Waals surface area (Å²) >= 11 is 6.26. The maximum Gasteiger partial charge on any atom is 0.338 e. The third kappa shape index (κ3) is 6.16. The van der Waals surface area contributed by atoms with Gasteiger partial charge in [0.2, 0.25) is 0 Å². The van der Waals surface area contributed by atoms with E-state index in [9.17, 15) is 19.2 Å². The van der Waals surface area contributed by atoms with Gasteiger partial charge < -0.3 is 20.7 Å². The maximum absolute atomic E-state index is 13.2. The number of esters is 1. The number of carbonyl (C=O) groups is 4. The number of nitrogens with zero attached hydrogens (tertiary/aromatic N) is 1. The molecular formula is C32H25ClN4O5. The predicted molar refractivity (Wildman–Crippen MR) is 162 cm³/mol. The summed E-state index contributed by atoms with van der Waals surface area (Å²) in [6.45, 7) is 1.92. The van der Waals surface area contributed by atoms with E-state index in [1.165, 1.54) is 24.3 Å². The summed E-state index contributed by atoms with van der Waals surface area (Å²) in [5.74, 6) is -2.26. The van der Waals surface area contributed by atoms with Crippen molar-refractivity contribution in [3.8, 4) is 0 Å². The van der Waals surface area contributed by atoms with Gasteiger partial charge in [-0.05, 0) is 85.8 Å². The topological polar surface area (TPSA) is 117 Å². The Bertz CT molecular complexity index is 1690. The quantitative estimate of drug-likeness (QED) is 0.157. The Hall–Kier alpha value is -5.41. The third-order valence-electron chi connectivity index (χ3n) is 6.26. The first-order valence-corrected chi connectivity index (χ1v) is 13.4. The molecule has 1 aliphatic rings. The summed E-state index contributed by atoms with van der Waals surface area (Å²) in [6.07, 6.45) is 0. The van der Waals surface area contributed by atoms with E-state index in [0.29, 0.717) is 16.9 Å². The van der Waals surface area contributed by atoms with E-state index in [0.717, 1.165) is 16.3 Å². The van der Waals surface area contributed by atoms with Crippen molar-refractivity contribution in [2.75, 3.05) is 27.5 Å². The van der Waals surface area contributed by atoms with Gasteiger partial charge >= 0.3 is 5.97 Å². The highest BCUT2D eigenvalue weighted by atomic mass is 35.5. The molecule has 210 valence electrons. The zero-order valence-corrected chi connectivity index (χ0v) is 23.1. The van der Waals surface area contributed by atoms with E-state index >= 15 is 0 Å². The average molecular weight is 581 g/mol. The van der Waals surface area contributed by atoms with E-state index in [2.05, 4.69) is 16.0 Å². The standard InChI is InChI=1S/C32H25ClN4O5/c1-2-42-32(41)20-11-17-26(18-12-20)37-30(39)27(33)28(31(37)40)35-25-10-6-7-21(19-25)29(38)36-24-15-13-23(14-16-24)34-22-8-4-3-5-9-22/h3-19,34-35H,2H2,1H3,(H,36,38). The van der Waals surface area contributed by atoms with Gasteiger partial charge in [-0.25, -0.2) is 9.69 Å². The lowest BCUT2D eigenvalue weighted by Crippen LogP contribution is -2.32. The number of hydrogen-bond donors (Lipinski definition) is 3. The molecule has 0 fully saturated rings. The van der Waals surface area contributed by atoms with Gasteiger partial charge in [0.05, 0.1) is 17.9 Å². The Morgan fingerprint density at radius 1 is 0.714 bits per heavy atom. The highest BCUT2D eigenvalue weighted by Crippen LogP contribution is 2.30. The molecule has 1 aliphatic heterocycles. The number of nitrogens with one attached hydrogen (secondary N) is 3. The number of benzene rings is 4. The number of amides is 3. The maximum atomic E-state index is 13.2. The van der Waals surface area contributed by atoms with Gasteiger partial charge in [-0.15, -0.1) is 0 Å². The highest BCUT2D eigenvalue weighted by Gasteiger charge is 2.39. The van der Waals surface area contributed by atoms with Crippen molar-refractivity contribution in [2.24, 2.45) is 0 Å². The fourth-order valence-corrected chi connectivity index (χ4v) is 4.43. The number of rotatable bonds is 9. The van der Waals surface area contributed by atoms with Crippen LogP contribution in [0.3, 0.4) is 0 Å². The van der Waals surface area contributed by atoms with Crippen molar-refractivity contribution in [2.45, 2.75) is 6.92 Å². The van der Waals surface area contributed by atoms with Crippen LogP contribution in [0.1, 0.15) is 27.6 Å². The van der Waals surface area contributed by atoms with E-state index in [-0.39, 0.29) is 34.5 Å². The van der Waals surface area contributed by atoms with Crippen LogP contribution in [0.15, 0.2) is 114 Å². The molecule has 0 aliphatic carbocycles. The Labute approximate surface area is 246 Å². The lowest BCUT2D eigenvalue weighted by atomic mass is 10.1. The molecule has 0 aromatic heterocycles. The highest BCUT2D eigenvalue weighted by molar-refractivity contribution is 6.53. The molecule has 10 heteroatoms. The predicted octanol–water partition coefficient (Wildman–Crippen LogP) is 6.29. The minimum atomic E-state index is -0.716. The van der Waals surface area contributed by atoms with Crippen molar-refractivity contribution >= 4 is 63.7 Å². The molecule has 4 aromatic rings. The molecule has 42 heavy (non-hydrogen) atoms. The molecule has 3 N–H and O–H groups in total. The second kappa shape index (κ2) is 12.4. The molecule has 0 saturated heterocycles. The summed E-state index contributed by atoms with van der Waals surface area (Å²) in [6, 6.07) is 29.3. The molecule has 9 nitrogen and oxygen atoms in total. The number of anilines is 5. The molecule has 0 bridgehead atoms. The van der Waals surface area contributed by atoms with Gasteiger partial charge in [0, 0.05) is 28.3 Å². The van der Waals surface area contributed by atoms with E-state index < -0.39 is 17.8 Å². The number of ether oxygens (including phenoxy) is 1. The molecular weight excluding hydrogens is 556 g/mol. The first kappa shape index (κ1) is 28.1. The summed E-state index contributed by atoms with van der Waals surface area (Å²) in [5, 5.41) is 8.71. The minimum absolute atomic E-state index is 0.129. The summed E-state index contributed by atoms with van der Waals surface area (Å²) in [7, 11) is 0. The third-order valence-corrected chi connectivity index (χ3v) is 6.61. The Morgan fingerprint density at radius 2 is 1.36 bits per heavy atom. The second-order valence-electron chi connectivity index (χ2n) is 9.13. The second-order valence-corrected chi connectivity index (χ2v) is 9.51. The first-order chi connectivity index (χ1) is 20.3. The Morgan fingerprint density at radius 3 is 2.05 bits per heavy atom. The van der Waals surface area contributed by atoms with Crippen molar-refractivity contribution in [3.63, 3.8) is 0 Å². The Kier molecular flexibility index (Phi) is 8.31. The monoisotopic (exact) mass is 580 g/mol. The van der Waals surface area contributed by atoms with Crippen molar-refractivity contribution in [1.29, 1.82) is 0 Å². The molecule has 0 spiro atoms. The largest absolute Gasteiger partial charge is 0.462 e. The van der Waals surface area contributed by atoms with Gasteiger partial charge in [-0.2, -0.15) is 0 Å². The molecule has 0 unspecified atom stereocenters. The number of carbonyl (C=O) groups excluding carboxylic acids is 4. The smallest absolute Gasteiger partial charge is 0.338 e. The van der Waals surface area contributed by atoms with Gasteiger partial charge in [0.25, 0.3) is 17.7 Å². The summed E-state index contributed by atoms with van der Waals surface area (Å²) in [4.78, 5) is 51.8. The molecule has 0 atom stereocenters. The molecule has 0 saturated carbocycles. The number of hydrogen-bond acceptors (Lipinski definition) is 7. The lowest BCUT2D eigenvalue weighted by molar-refractivity contribution is -0.120. The van der Waals surface area contributed by atoms with Gasteiger partial charge in [-0.1, -0.05) is 35.9 Å². The molecule has 1 heterocycles. The van der Waals surface area contributed by atoms with Gasteiger partial charge in [0.15, 0.2) is 0 Å². The van der Waals surface area contributed by atoms with Crippen LogP contribution in [0.5, 0.6) is 0 Å². The van der Waals surface area contributed by atoms with Crippen LogP contribution in [-0.2, 0) is 14.3 Å². The van der Waals surface area contributed by atoms with Gasteiger partial charge in [0.1, 0.15) is 10.7 Å². The average Bonchev–Trinajstić information content (AvgIpc) is 3.21. The number of para-hydroxylation sites is 1. The van der Waals surface area contributed by atoms with Crippen molar-refractivity contribution in [1.82, 2.24) is 0 Å². The van der Waals surface area contributed by atoms with Crippen LogP contribution in [0.4, 0.5) is 28.4 Å². The van der Waals surface area contributed by atoms with Crippen molar-refractivity contribution in [3.05, 3.63) is 125 Å². The molecule has 4 aromatic carbocycles. The lowest BCUT2D eigenvalue weighted by Gasteiger charge is -2.15. The molecule has 0 radical (unpaired) electrons. The van der Waals surface area contributed by atoms with Gasteiger partial charge in [-0.3, -0.25) is 14.4 Å². The summed E-state index contributed by atoms with van der Waals surface area (Å²) < 4.78 is 4.96. The minimum Gasteiger partial charge on any atom is -0.462 e. The number of imide groups is 1. The fraction of sp³-hybridized carbons (Fsp3) is 0.0625.